The van der Waals surface area contributed by atoms with Crippen molar-refractivity contribution in [3.63, 3.8) is 0 Å². The minimum Gasteiger partial charge on any atom is -0.383 e. The van der Waals surface area contributed by atoms with E-state index in [9.17, 15) is 9.18 Å². The Hall–Kier alpha value is -2.69. The van der Waals surface area contributed by atoms with E-state index in [4.69, 9.17) is 4.84 Å². The van der Waals surface area contributed by atoms with E-state index in [1.165, 1.54) is 23.9 Å². The van der Waals surface area contributed by atoms with Crippen molar-refractivity contribution in [2.75, 3.05) is 0 Å². The van der Waals surface area contributed by atoms with Gasteiger partial charge in [0.05, 0.1) is 6.21 Å². The van der Waals surface area contributed by atoms with Crippen molar-refractivity contribution in [1.82, 2.24) is 5.32 Å². The molecule has 1 amide bonds. The molecule has 5 heteroatoms. The van der Waals surface area contributed by atoms with Crippen LogP contribution in [-0.4, -0.2) is 18.2 Å². The molecule has 0 saturated carbocycles. The van der Waals surface area contributed by atoms with Gasteiger partial charge in [-0.2, -0.15) is 0 Å². The van der Waals surface area contributed by atoms with E-state index in [0.29, 0.717) is 12.1 Å². The number of hydrogen-bond donors (Lipinski definition) is 1. The fourth-order valence-corrected chi connectivity index (χ4v) is 1.82. The minimum atomic E-state index is -0.711. The third-order valence-electron chi connectivity index (χ3n) is 3.25. The lowest BCUT2D eigenvalue weighted by Crippen LogP contribution is -2.33. The maximum atomic E-state index is 12.8. The Morgan fingerprint density at radius 1 is 1.22 bits per heavy atom. The number of carbonyl (C=O) groups excluding carboxylic acids is 1. The Morgan fingerprint density at radius 3 is 2.52 bits per heavy atom. The second-order valence-electron chi connectivity index (χ2n) is 5.24. The lowest BCUT2D eigenvalue weighted by molar-refractivity contribution is -0.131. The molecule has 0 aliphatic rings. The van der Waals surface area contributed by atoms with Crippen LogP contribution in [0.15, 0.2) is 53.7 Å². The largest absolute Gasteiger partial charge is 0.383 e. The van der Waals surface area contributed by atoms with Crippen molar-refractivity contribution in [3.8, 4) is 0 Å². The van der Waals surface area contributed by atoms with E-state index in [2.05, 4.69) is 10.5 Å². The third kappa shape index (κ3) is 5.54. The molecule has 23 heavy (non-hydrogen) atoms. The molecule has 0 saturated heterocycles. The summed E-state index contributed by atoms with van der Waals surface area (Å²) in [5.41, 5.74) is 2.89. The number of nitrogens with zero attached hydrogens (tertiary/aromatic N) is 1. The van der Waals surface area contributed by atoms with Gasteiger partial charge in [0.15, 0.2) is 0 Å². The molecule has 2 rings (SSSR count). The van der Waals surface area contributed by atoms with E-state index >= 15 is 0 Å². The van der Waals surface area contributed by atoms with Crippen molar-refractivity contribution in [2.45, 2.75) is 26.5 Å². The summed E-state index contributed by atoms with van der Waals surface area (Å²) in [6, 6.07) is 13.7. The summed E-state index contributed by atoms with van der Waals surface area (Å²) in [5, 5.41) is 6.54. The Bertz CT molecular complexity index is 666. The molecule has 1 N–H and O–H groups in total. The quantitative estimate of drug-likeness (QED) is 0.657. The van der Waals surface area contributed by atoms with E-state index in [1.807, 2.05) is 31.2 Å². The highest BCUT2D eigenvalue weighted by molar-refractivity contribution is 5.81. The van der Waals surface area contributed by atoms with Gasteiger partial charge in [0.2, 0.25) is 6.10 Å². The van der Waals surface area contributed by atoms with Gasteiger partial charge in [0.1, 0.15) is 5.82 Å². The number of nitrogens with one attached hydrogen (secondary N) is 1. The van der Waals surface area contributed by atoms with Crippen LogP contribution in [0.1, 0.15) is 23.6 Å². The highest BCUT2D eigenvalue weighted by Crippen LogP contribution is 2.03. The third-order valence-corrected chi connectivity index (χ3v) is 3.25. The lowest BCUT2D eigenvalue weighted by Gasteiger charge is -2.10. The summed E-state index contributed by atoms with van der Waals surface area (Å²) in [6.45, 7) is 4.07. The molecule has 0 aromatic heterocycles. The summed E-state index contributed by atoms with van der Waals surface area (Å²) in [7, 11) is 0. The van der Waals surface area contributed by atoms with Gasteiger partial charge in [-0.1, -0.05) is 47.1 Å². The zero-order valence-electron chi connectivity index (χ0n) is 13.1. The predicted octanol–water partition coefficient (Wildman–Crippen LogP) is 3.19. The topological polar surface area (TPSA) is 50.7 Å². The zero-order valence-corrected chi connectivity index (χ0v) is 13.1. The molecule has 120 valence electrons. The first-order valence-corrected chi connectivity index (χ1v) is 7.32. The molecule has 0 aliphatic carbocycles. The Morgan fingerprint density at radius 2 is 1.87 bits per heavy atom. The number of hydrogen-bond acceptors (Lipinski definition) is 3. The molecule has 1 atom stereocenters. The summed E-state index contributed by atoms with van der Waals surface area (Å²) < 4.78 is 12.8. The predicted molar refractivity (Wildman–Crippen MR) is 87.6 cm³/mol. The van der Waals surface area contributed by atoms with Crippen LogP contribution in [0.25, 0.3) is 0 Å². The van der Waals surface area contributed by atoms with E-state index in [-0.39, 0.29) is 11.7 Å². The number of aryl methyl sites for hydroxylation is 1. The highest BCUT2D eigenvalue weighted by Gasteiger charge is 2.13. The zero-order chi connectivity index (χ0) is 16.7. The molecule has 0 fully saturated rings. The monoisotopic (exact) mass is 314 g/mol. The summed E-state index contributed by atoms with van der Waals surface area (Å²) >= 11 is 0. The average molecular weight is 314 g/mol. The fraction of sp³-hybridized carbons (Fsp3) is 0.222. The maximum Gasteiger partial charge on any atom is 0.263 e. The Kier molecular flexibility index (Phi) is 5.86. The van der Waals surface area contributed by atoms with Crippen LogP contribution in [0.3, 0.4) is 0 Å². The molecular weight excluding hydrogens is 295 g/mol. The van der Waals surface area contributed by atoms with Gasteiger partial charge in [-0.05, 0) is 37.1 Å². The van der Waals surface area contributed by atoms with Crippen molar-refractivity contribution in [1.29, 1.82) is 0 Å². The smallest absolute Gasteiger partial charge is 0.263 e. The molecule has 0 radical (unpaired) electrons. The van der Waals surface area contributed by atoms with Crippen LogP contribution in [0, 0.1) is 12.7 Å². The molecular formula is C18H19FN2O2. The maximum absolute atomic E-state index is 12.8. The first-order chi connectivity index (χ1) is 11.0. The standard InChI is InChI=1S/C18H19FN2O2/c1-13-3-5-15(6-4-13)11-20-18(22)14(2)23-21-12-16-7-9-17(19)10-8-16/h3-10,12,14H,11H2,1-2H3,(H,20,22). The van der Waals surface area contributed by atoms with Crippen molar-refractivity contribution >= 4 is 12.1 Å². The van der Waals surface area contributed by atoms with E-state index in [1.54, 1.807) is 19.1 Å². The van der Waals surface area contributed by atoms with Gasteiger partial charge >= 0.3 is 0 Å². The number of carbonyl (C=O) groups is 1. The molecule has 2 aromatic carbocycles. The second-order valence-corrected chi connectivity index (χ2v) is 5.24. The van der Waals surface area contributed by atoms with Crippen molar-refractivity contribution in [2.24, 2.45) is 5.16 Å². The van der Waals surface area contributed by atoms with Crippen molar-refractivity contribution < 1.29 is 14.0 Å². The SMILES string of the molecule is Cc1ccc(CNC(=O)C(C)ON=Cc2ccc(F)cc2)cc1. The van der Waals surface area contributed by atoms with Crippen LogP contribution in [-0.2, 0) is 16.2 Å². The van der Waals surface area contributed by atoms with Gasteiger partial charge in [-0.25, -0.2) is 4.39 Å². The summed E-state index contributed by atoms with van der Waals surface area (Å²) in [4.78, 5) is 17.0. The molecule has 0 aliphatic heterocycles. The fourth-order valence-electron chi connectivity index (χ4n) is 1.82. The average Bonchev–Trinajstić information content (AvgIpc) is 2.55. The molecule has 0 bridgehead atoms. The van der Waals surface area contributed by atoms with E-state index < -0.39 is 6.10 Å². The summed E-state index contributed by atoms with van der Waals surface area (Å²) in [5.74, 6) is -0.561. The summed E-state index contributed by atoms with van der Waals surface area (Å²) in [6.07, 6.45) is 0.723. The minimum absolute atomic E-state index is 0.248. The van der Waals surface area contributed by atoms with E-state index in [0.717, 1.165) is 5.56 Å². The molecule has 0 heterocycles. The molecule has 1 unspecified atom stereocenters. The first-order valence-electron chi connectivity index (χ1n) is 7.32. The lowest BCUT2D eigenvalue weighted by atomic mass is 10.1. The van der Waals surface area contributed by atoms with Gasteiger partial charge in [0.25, 0.3) is 5.91 Å². The number of oxime groups is 1. The van der Waals surface area contributed by atoms with Gasteiger partial charge in [-0.3, -0.25) is 4.79 Å². The normalized spacial score (nSPS) is 12.1. The van der Waals surface area contributed by atoms with Crippen LogP contribution in [0.5, 0.6) is 0 Å². The molecule has 2 aromatic rings. The van der Waals surface area contributed by atoms with Crippen LogP contribution in [0.2, 0.25) is 0 Å². The second kappa shape index (κ2) is 8.08. The Labute approximate surface area is 135 Å². The molecule has 0 spiro atoms. The van der Waals surface area contributed by atoms with Gasteiger partial charge in [0, 0.05) is 6.54 Å². The number of benzene rings is 2. The van der Waals surface area contributed by atoms with Gasteiger partial charge in [-0.15, -0.1) is 0 Å². The first kappa shape index (κ1) is 16.7. The van der Waals surface area contributed by atoms with Gasteiger partial charge < -0.3 is 10.2 Å². The van der Waals surface area contributed by atoms with Crippen LogP contribution < -0.4 is 5.32 Å². The van der Waals surface area contributed by atoms with Crippen LogP contribution in [0.4, 0.5) is 4.39 Å². The Balaban J connectivity index is 1.78. The van der Waals surface area contributed by atoms with Crippen molar-refractivity contribution in [3.05, 3.63) is 71.0 Å². The number of rotatable bonds is 6. The number of amides is 1. The number of halogens is 1. The molecule has 4 nitrogen and oxygen atoms in total. The van der Waals surface area contributed by atoms with Crippen LogP contribution >= 0.6 is 0 Å². The highest BCUT2D eigenvalue weighted by atomic mass is 19.1.